The average Bonchev–Trinajstić information content (AvgIpc) is 2.60. The van der Waals surface area contributed by atoms with Gasteiger partial charge < -0.3 is 9.47 Å². The van der Waals surface area contributed by atoms with Gasteiger partial charge in [0.15, 0.2) is 5.78 Å². The van der Waals surface area contributed by atoms with Crippen molar-refractivity contribution in [1.29, 1.82) is 0 Å². The fraction of sp³-hybridized carbons (Fsp3) is 0.556. The summed E-state index contributed by atoms with van der Waals surface area (Å²) in [6.45, 7) is 3.42. The van der Waals surface area contributed by atoms with Gasteiger partial charge in [-0.15, -0.1) is 0 Å². The van der Waals surface area contributed by atoms with Crippen LogP contribution >= 0.6 is 15.9 Å². The average molecular weight is 383 g/mol. The van der Waals surface area contributed by atoms with E-state index < -0.39 is 5.41 Å². The zero-order valence-corrected chi connectivity index (χ0v) is 15.1. The van der Waals surface area contributed by atoms with Gasteiger partial charge in [-0.25, -0.2) is 0 Å². The van der Waals surface area contributed by atoms with Crippen LogP contribution in [-0.4, -0.2) is 36.9 Å². The van der Waals surface area contributed by atoms with E-state index in [0.717, 1.165) is 11.1 Å². The predicted octanol–water partition coefficient (Wildman–Crippen LogP) is 3.19. The van der Waals surface area contributed by atoms with Gasteiger partial charge >= 0.3 is 5.97 Å². The highest BCUT2D eigenvalue weighted by atomic mass is 79.9. The first-order valence-corrected chi connectivity index (χ1v) is 9.16. The monoisotopic (exact) mass is 382 g/mol. The molecular formula is C18H23BrO4. The summed E-state index contributed by atoms with van der Waals surface area (Å²) in [6, 6.07) is 8.04. The fourth-order valence-corrected chi connectivity index (χ4v) is 3.62. The second-order valence-electron chi connectivity index (χ2n) is 5.76. The SMILES string of the molecule is CCOC(=O)CCc1cccc(C2(C(=O)CBr)CCOCC2)c1. The summed E-state index contributed by atoms with van der Waals surface area (Å²) in [5.74, 6) is 0.0126. The molecule has 1 aromatic rings. The molecular weight excluding hydrogens is 360 g/mol. The third kappa shape index (κ3) is 4.42. The van der Waals surface area contributed by atoms with E-state index in [-0.39, 0.29) is 11.8 Å². The second kappa shape index (κ2) is 8.60. The molecule has 1 aliphatic heterocycles. The summed E-state index contributed by atoms with van der Waals surface area (Å²) in [4.78, 5) is 24.1. The van der Waals surface area contributed by atoms with E-state index in [0.29, 0.717) is 50.8 Å². The molecule has 0 aliphatic carbocycles. The number of ketones is 1. The summed E-state index contributed by atoms with van der Waals surface area (Å²) in [5, 5.41) is 0.347. The molecule has 1 aromatic carbocycles. The first kappa shape index (κ1) is 18.1. The van der Waals surface area contributed by atoms with Gasteiger partial charge in [0.25, 0.3) is 0 Å². The molecule has 126 valence electrons. The van der Waals surface area contributed by atoms with Crippen LogP contribution in [0.1, 0.15) is 37.3 Å². The molecule has 1 heterocycles. The minimum Gasteiger partial charge on any atom is -0.466 e. The van der Waals surface area contributed by atoms with E-state index >= 15 is 0 Å². The Bertz CT molecular complexity index is 550. The van der Waals surface area contributed by atoms with Gasteiger partial charge in [-0.3, -0.25) is 9.59 Å². The first-order chi connectivity index (χ1) is 11.1. The number of Topliss-reactive ketones (excluding diaryl/α,β-unsaturated/α-hetero) is 1. The van der Waals surface area contributed by atoms with E-state index in [4.69, 9.17) is 9.47 Å². The zero-order chi connectivity index (χ0) is 16.7. The molecule has 4 nitrogen and oxygen atoms in total. The third-order valence-electron chi connectivity index (χ3n) is 4.40. The van der Waals surface area contributed by atoms with E-state index in [1.807, 2.05) is 18.2 Å². The number of ether oxygens (including phenoxy) is 2. The predicted molar refractivity (Wildman–Crippen MR) is 91.9 cm³/mol. The van der Waals surface area contributed by atoms with Crippen molar-refractivity contribution in [2.75, 3.05) is 25.2 Å². The largest absolute Gasteiger partial charge is 0.466 e. The molecule has 0 spiro atoms. The van der Waals surface area contributed by atoms with Crippen LogP contribution in [0, 0.1) is 0 Å². The number of alkyl halides is 1. The van der Waals surface area contributed by atoms with Gasteiger partial charge in [0, 0.05) is 19.6 Å². The Morgan fingerprint density at radius 2 is 2.04 bits per heavy atom. The Kier molecular flexibility index (Phi) is 6.78. The molecule has 0 amide bonds. The number of hydrogen-bond donors (Lipinski definition) is 0. The highest BCUT2D eigenvalue weighted by Crippen LogP contribution is 2.36. The zero-order valence-electron chi connectivity index (χ0n) is 13.5. The minimum absolute atomic E-state index is 0.185. The number of halogens is 1. The molecule has 1 saturated heterocycles. The summed E-state index contributed by atoms with van der Waals surface area (Å²) < 4.78 is 10.4. The van der Waals surface area contributed by atoms with E-state index in [1.54, 1.807) is 6.92 Å². The maximum Gasteiger partial charge on any atom is 0.306 e. The normalized spacial score (nSPS) is 16.8. The molecule has 0 aromatic heterocycles. The first-order valence-electron chi connectivity index (χ1n) is 8.04. The topological polar surface area (TPSA) is 52.6 Å². The number of carbonyl (C=O) groups is 2. The Balaban J connectivity index is 2.19. The van der Waals surface area contributed by atoms with Crippen molar-refractivity contribution in [3.63, 3.8) is 0 Å². The van der Waals surface area contributed by atoms with Crippen molar-refractivity contribution < 1.29 is 19.1 Å². The molecule has 1 fully saturated rings. The summed E-state index contributed by atoms with van der Waals surface area (Å²) in [7, 11) is 0. The van der Waals surface area contributed by atoms with Crippen LogP contribution in [0.25, 0.3) is 0 Å². The van der Waals surface area contributed by atoms with Gasteiger partial charge in [-0.2, -0.15) is 0 Å². The molecule has 0 bridgehead atoms. The molecule has 5 heteroatoms. The lowest BCUT2D eigenvalue weighted by Gasteiger charge is -2.36. The molecule has 0 saturated carbocycles. The number of hydrogen-bond acceptors (Lipinski definition) is 4. The molecule has 0 atom stereocenters. The van der Waals surface area contributed by atoms with Gasteiger partial charge in [0.2, 0.25) is 0 Å². The maximum atomic E-state index is 12.6. The molecule has 23 heavy (non-hydrogen) atoms. The summed E-state index contributed by atoms with van der Waals surface area (Å²) in [6.07, 6.45) is 2.40. The Labute approximate surface area is 145 Å². The van der Waals surface area contributed by atoms with Crippen LogP contribution in [0.3, 0.4) is 0 Å². The van der Waals surface area contributed by atoms with Crippen molar-refractivity contribution in [3.8, 4) is 0 Å². The van der Waals surface area contributed by atoms with Crippen molar-refractivity contribution in [2.45, 2.75) is 38.0 Å². The van der Waals surface area contributed by atoms with E-state index in [2.05, 4.69) is 22.0 Å². The highest BCUT2D eigenvalue weighted by Gasteiger charge is 2.40. The van der Waals surface area contributed by atoms with Crippen molar-refractivity contribution in [3.05, 3.63) is 35.4 Å². The quantitative estimate of drug-likeness (QED) is 0.536. The van der Waals surface area contributed by atoms with Crippen molar-refractivity contribution in [2.24, 2.45) is 0 Å². The Morgan fingerprint density at radius 1 is 1.30 bits per heavy atom. The Morgan fingerprint density at radius 3 is 2.70 bits per heavy atom. The lowest BCUT2D eigenvalue weighted by Crippen LogP contribution is -2.42. The van der Waals surface area contributed by atoms with Crippen molar-refractivity contribution >= 4 is 27.7 Å². The number of carbonyl (C=O) groups excluding carboxylic acids is 2. The van der Waals surface area contributed by atoms with Gasteiger partial charge in [-0.05, 0) is 37.3 Å². The molecule has 2 rings (SSSR count). The molecule has 0 N–H and O–H groups in total. The smallest absolute Gasteiger partial charge is 0.306 e. The molecule has 1 aliphatic rings. The van der Waals surface area contributed by atoms with Gasteiger partial charge in [0.05, 0.1) is 17.4 Å². The number of rotatable bonds is 7. The summed E-state index contributed by atoms with van der Waals surface area (Å²) >= 11 is 3.32. The van der Waals surface area contributed by atoms with Crippen LogP contribution in [0.4, 0.5) is 0 Å². The van der Waals surface area contributed by atoms with Gasteiger partial charge in [0.1, 0.15) is 0 Å². The van der Waals surface area contributed by atoms with Crippen LogP contribution in [0.15, 0.2) is 24.3 Å². The lowest BCUT2D eigenvalue weighted by molar-refractivity contribution is -0.143. The van der Waals surface area contributed by atoms with E-state index in [9.17, 15) is 9.59 Å². The van der Waals surface area contributed by atoms with E-state index in [1.165, 1.54) is 0 Å². The van der Waals surface area contributed by atoms with Gasteiger partial charge in [-0.1, -0.05) is 40.2 Å². The maximum absolute atomic E-state index is 12.6. The summed E-state index contributed by atoms with van der Waals surface area (Å²) in [5.41, 5.74) is 1.62. The number of esters is 1. The standard InChI is InChI=1S/C18H23BrO4/c1-2-23-17(21)7-6-14-4-3-5-15(12-14)18(16(20)13-19)8-10-22-11-9-18/h3-5,12H,2,6-11,13H2,1H3. The van der Waals surface area contributed by atoms with Crippen molar-refractivity contribution in [1.82, 2.24) is 0 Å². The van der Waals surface area contributed by atoms with Crippen LogP contribution in [0.5, 0.6) is 0 Å². The third-order valence-corrected chi connectivity index (χ3v) is 4.91. The Hall–Kier alpha value is -1.20. The fourth-order valence-electron chi connectivity index (χ4n) is 3.08. The molecule has 0 unspecified atom stereocenters. The van der Waals surface area contributed by atoms with Crippen LogP contribution in [0.2, 0.25) is 0 Å². The number of benzene rings is 1. The second-order valence-corrected chi connectivity index (χ2v) is 6.32. The molecule has 0 radical (unpaired) electrons. The highest BCUT2D eigenvalue weighted by molar-refractivity contribution is 9.09. The van der Waals surface area contributed by atoms with Crippen LogP contribution < -0.4 is 0 Å². The number of aryl methyl sites for hydroxylation is 1. The lowest BCUT2D eigenvalue weighted by atomic mass is 9.71. The van der Waals surface area contributed by atoms with Crippen LogP contribution in [-0.2, 0) is 30.9 Å². The minimum atomic E-state index is -0.471.